The summed E-state index contributed by atoms with van der Waals surface area (Å²) in [6, 6.07) is 11.0. The maximum atomic E-state index is 12.4. The van der Waals surface area contributed by atoms with Crippen LogP contribution in [0, 0.1) is 0 Å². The first-order valence-corrected chi connectivity index (χ1v) is 10.2. The standard InChI is InChI=1S/C18H22N4O3S/c1-26(24,25)22-10-8-21(9-11-22)14-15-4-2-5-16(12-15)18(23)20-17-6-3-7-19-13-17/h2-7,12-13H,8-11,14H2,1H3,(H,20,23). The highest BCUT2D eigenvalue weighted by atomic mass is 32.2. The molecule has 1 saturated heterocycles. The Balaban J connectivity index is 1.60. The van der Waals surface area contributed by atoms with Crippen LogP contribution < -0.4 is 5.32 Å². The smallest absolute Gasteiger partial charge is 0.255 e. The third-order valence-corrected chi connectivity index (χ3v) is 5.62. The van der Waals surface area contributed by atoms with Crippen molar-refractivity contribution in [1.29, 1.82) is 0 Å². The minimum atomic E-state index is -3.12. The van der Waals surface area contributed by atoms with Gasteiger partial charge in [-0.15, -0.1) is 0 Å². The van der Waals surface area contributed by atoms with Gasteiger partial charge in [-0.1, -0.05) is 12.1 Å². The van der Waals surface area contributed by atoms with Crippen LogP contribution in [0.15, 0.2) is 48.8 Å². The molecule has 0 atom stereocenters. The second-order valence-corrected chi connectivity index (χ2v) is 8.32. The highest BCUT2D eigenvalue weighted by Crippen LogP contribution is 2.13. The minimum Gasteiger partial charge on any atom is -0.321 e. The number of carbonyl (C=O) groups is 1. The van der Waals surface area contributed by atoms with Gasteiger partial charge in [0.05, 0.1) is 18.1 Å². The molecule has 0 bridgehead atoms. The Morgan fingerprint density at radius 3 is 2.58 bits per heavy atom. The van der Waals surface area contributed by atoms with Gasteiger partial charge in [0.2, 0.25) is 10.0 Å². The van der Waals surface area contributed by atoms with Gasteiger partial charge in [-0.3, -0.25) is 14.7 Å². The molecule has 1 amide bonds. The van der Waals surface area contributed by atoms with Crippen LogP contribution in [0.25, 0.3) is 0 Å². The van der Waals surface area contributed by atoms with Gasteiger partial charge >= 0.3 is 0 Å². The van der Waals surface area contributed by atoms with Crippen LogP contribution in [-0.2, 0) is 16.6 Å². The first kappa shape index (κ1) is 18.5. The van der Waals surface area contributed by atoms with Crippen molar-refractivity contribution >= 4 is 21.6 Å². The van der Waals surface area contributed by atoms with E-state index < -0.39 is 10.0 Å². The van der Waals surface area contributed by atoms with Crippen molar-refractivity contribution in [3.8, 4) is 0 Å². The van der Waals surface area contributed by atoms with Crippen LogP contribution in [0.3, 0.4) is 0 Å². The first-order chi connectivity index (χ1) is 12.4. The molecule has 0 aliphatic carbocycles. The molecule has 0 radical (unpaired) electrons. The van der Waals surface area contributed by atoms with Crippen molar-refractivity contribution in [2.45, 2.75) is 6.54 Å². The Morgan fingerprint density at radius 2 is 1.92 bits per heavy atom. The van der Waals surface area contributed by atoms with E-state index in [4.69, 9.17) is 0 Å². The molecular weight excluding hydrogens is 352 g/mol. The molecule has 1 aliphatic heterocycles. The number of hydrogen-bond acceptors (Lipinski definition) is 5. The van der Waals surface area contributed by atoms with Crippen molar-refractivity contribution in [3.05, 3.63) is 59.9 Å². The molecule has 3 rings (SSSR count). The summed E-state index contributed by atoms with van der Waals surface area (Å²) in [7, 11) is -3.12. The zero-order valence-electron chi connectivity index (χ0n) is 14.6. The number of hydrogen-bond donors (Lipinski definition) is 1. The Labute approximate surface area is 153 Å². The largest absolute Gasteiger partial charge is 0.321 e. The SMILES string of the molecule is CS(=O)(=O)N1CCN(Cc2cccc(C(=O)Nc3cccnc3)c2)CC1. The molecule has 1 aromatic carbocycles. The van der Waals surface area contributed by atoms with Gasteiger partial charge in [-0.05, 0) is 29.8 Å². The third kappa shape index (κ3) is 4.87. The van der Waals surface area contributed by atoms with E-state index in [9.17, 15) is 13.2 Å². The number of benzene rings is 1. The second-order valence-electron chi connectivity index (χ2n) is 6.33. The predicted octanol–water partition coefficient (Wildman–Crippen LogP) is 1.41. The second kappa shape index (κ2) is 7.94. The summed E-state index contributed by atoms with van der Waals surface area (Å²) in [5.74, 6) is -0.179. The molecule has 0 saturated carbocycles. The molecule has 1 aliphatic rings. The van der Waals surface area contributed by atoms with E-state index in [0.717, 1.165) is 5.56 Å². The summed E-state index contributed by atoms with van der Waals surface area (Å²) in [6.45, 7) is 3.05. The molecule has 26 heavy (non-hydrogen) atoms. The zero-order valence-corrected chi connectivity index (χ0v) is 15.4. The molecule has 1 fully saturated rings. The fourth-order valence-electron chi connectivity index (χ4n) is 2.93. The van der Waals surface area contributed by atoms with Gasteiger partial charge in [0.25, 0.3) is 5.91 Å². The van der Waals surface area contributed by atoms with E-state index >= 15 is 0 Å². The lowest BCUT2D eigenvalue weighted by Gasteiger charge is -2.33. The normalized spacial score (nSPS) is 16.3. The summed E-state index contributed by atoms with van der Waals surface area (Å²) in [5.41, 5.74) is 2.26. The van der Waals surface area contributed by atoms with Crippen LogP contribution in [0.1, 0.15) is 15.9 Å². The highest BCUT2D eigenvalue weighted by Gasteiger charge is 2.23. The van der Waals surface area contributed by atoms with Crippen molar-refractivity contribution in [1.82, 2.24) is 14.2 Å². The lowest BCUT2D eigenvalue weighted by Crippen LogP contribution is -2.47. The number of nitrogens with zero attached hydrogens (tertiary/aromatic N) is 3. The molecule has 2 aromatic rings. The number of piperazine rings is 1. The highest BCUT2D eigenvalue weighted by molar-refractivity contribution is 7.88. The Kier molecular flexibility index (Phi) is 5.65. The van der Waals surface area contributed by atoms with E-state index in [1.54, 1.807) is 30.6 Å². The number of rotatable bonds is 5. The molecule has 0 spiro atoms. The van der Waals surface area contributed by atoms with Crippen molar-refractivity contribution in [2.24, 2.45) is 0 Å². The molecule has 138 valence electrons. The van der Waals surface area contributed by atoms with Gasteiger partial charge in [-0.25, -0.2) is 8.42 Å². The average molecular weight is 374 g/mol. The van der Waals surface area contributed by atoms with Crippen molar-refractivity contribution in [2.75, 3.05) is 37.8 Å². The number of aromatic nitrogens is 1. The van der Waals surface area contributed by atoms with Gasteiger partial charge in [0.15, 0.2) is 0 Å². The van der Waals surface area contributed by atoms with E-state index in [0.29, 0.717) is 44.0 Å². The average Bonchev–Trinajstić information content (AvgIpc) is 2.62. The van der Waals surface area contributed by atoms with Crippen LogP contribution in [-0.4, -0.2) is 60.9 Å². The fraction of sp³-hybridized carbons (Fsp3) is 0.333. The number of pyridine rings is 1. The molecule has 1 N–H and O–H groups in total. The lowest BCUT2D eigenvalue weighted by molar-refractivity contribution is 0.102. The summed E-state index contributed by atoms with van der Waals surface area (Å²) in [6.07, 6.45) is 4.50. The molecule has 2 heterocycles. The first-order valence-electron chi connectivity index (χ1n) is 8.39. The Bertz CT molecular complexity index is 863. The monoisotopic (exact) mass is 374 g/mol. The summed E-state index contributed by atoms with van der Waals surface area (Å²) in [5, 5.41) is 2.82. The maximum absolute atomic E-state index is 12.4. The van der Waals surface area contributed by atoms with Crippen LogP contribution in [0.4, 0.5) is 5.69 Å². The van der Waals surface area contributed by atoms with E-state index in [1.165, 1.54) is 10.6 Å². The Morgan fingerprint density at radius 1 is 1.15 bits per heavy atom. The van der Waals surface area contributed by atoms with Crippen LogP contribution in [0.5, 0.6) is 0 Å². The van der Waals surface area contributed by atoms with E-state index in [-0.39, 0.29) is 5.91 Å². The van der Waals surface area contributed by atoms with Gasteiger partial charge < -0.3 is 5.32 Å². The molecule has 1 aromatic heterocycles. The fourth-order valence-corrected chi connectivity index (χ4v) is 3.75. The Hall–Kier alpha value is -2.29. The maximum Gasteiger partial charge on any atom is 0.255 e. The van der Waals surface area contributed by atoms with E-state index in [2.05, 4.69) is 15.2 Å². The summed E-state index contributed by atoms with van der Waals surface area (Å²) < 4.78 is 24.7. The quantitative estimate of drug-likeness (QED) is 0.856. The topological polar surface area (TPSA) is 82.6 Å². The summed E-state index contributed by atoms with van der Waals surface area (Å²) >= 11 is 0. The van der Waals surface area contributed by atoms with Crippen LogP contribution in [0.2, 0.25) is 0 Å². The van der Waals surface area contributed by atoms with Crippen LogP contribution >= 0.6 is 0 Å². The lowest BCUT2D eigenvalue weighted by atomic mass is 10.1. The predicted molar refractivity (Wildman–Crippen MR) is 100 cm³/mol. The zero-order chi connectivity index (χ0) is 18.6. The third-order valence-electron chi connectivity index (χ3n) is 4.32. The number of anilines is 1. The molecule has 7 nitrogen and oxygen atoms in total. The van der Waals surface area contributed by atoms with Gasteiger partial charge in [0.1, 0.15) is 0 Å². The minimum absolute atomic E-state index is 0.179. The van der Waals surface area contributed by atoms with Crippen molar-refractivity contribution < 1.29 is 13.2 Å². The van der Waals surface area contributed by atoms with Crippen molar-refractivity contribution in [3.63, 3.8) is 0 Å². The van der Waals surface area contributed by atoms with Gasteiger partial charge in [0, 0.05) is 44.5 Å². The number of nitrogens with one attached hydrogen (secondary N) is 1. The molecule has 8 heteroatoms. The number of carbonyl (C=O) groups excluding carboxylic acids is 1. The summed E-state index contributed by atoms with van der Waals surface area (Å²) in [4.78, 5) is 18.6. The number of amides is 1. The van der Waals surface area contributed by atoms with Gasteiger partial charge in [-0.2, -0.15) is 4.31 Å². The molecular formula is C18H22N4O3S. The molecule has 0 unspecified atom stereocenters. The number of sulfonamides is 1. The van der Waals surface area contributed by atoms with E-state index in [1.807, 2.05) is 18.2 Å².